The van der Waals surface area contributed by atoms with E-state index in [0.29, 0.717) is 28.9 Å². The van der Waals surface area contributed by atoms with Crippen molar-refractivity contribution in [1.29, 1.82) is 0 Å². The monoisotopic (exact) mass is 642 g/mol. The summed E-state index contributed by atoms with van der Waals surface area (Å²) >= 11 is 0. The summed E-state index contributed by atoms with van der Waals surface area (Å²) in [5.74, 6) is 2.23. The molecule has 0 atom stereocenters. The molecule has 0 aliphatic rings. The molecule has 0 saturated heterocycles. The maximum atomic E-state index is 6.58. The van der Waals surface area contributed by atoms with Crippen LogP contribution in [0.15, 0.2) is 167 Å². The third-order valence-electron chi connectivity index (χ3n) is 9.18. The number of oxazole rings is 1. The van der Waals surface area contributed by atoms with E-state index in [1.807, 2.05) is 115 Å². The summed E-state index contributed by atoms with van der Waals surface area (Å²) in [6.07, 6.45) is 0. The number of aromatic nitrogens is 4. The van der Waals surface area contributed by atoms with Crippen LogP contribution in [0, 0.1) is 0 Å². The third-order valence-corrected chi connectivity index (χ3v) is 9.18. The number of hydrogen-bond donors (Lipinski definition) is 0. The Labute approximate surface area is 286 Å². The van der Waals surface area contributed by atoms with Gasteiger partial charge in [0.2, 0.25) is 5.89 Å². The van der Waals surface area contributed by atoms with Crippen LogP contribution in [0.1, 0.15) is 0 Å². The van der Waals surface area contributed by atoms with Gasteiger partial charge in [0.25, 0.3) is 0 Å². The van der Waals surface area contributed by atoms with Crippen molar-refractivity contribution in [3.8, 4) is 56.7 Å². The largest absolute Gasteiger partial charge is 0.455 e. The predicted molar refractivity (Wildman–Crippen MR) is 199 cm³/mol. The van der Waals surface area contributed by atoms with Crippen LogP contribution in [0.25, 0.3) is 101 Å². The van der Waals surface area contributed by atoms with Crippen molar-refractivity contribution in [2.45, 2.75) is 0 Å². The van der Waals surface area contributed by atoms with Gasteiger partial charge in [-0.3, -0.25) is 0 Å². The first-order valence-electron chi connectivity index (χ1n) is 16.5. The van der Waals surface area contributed by atoms with Gasteiger partial charge >= 0.3 is 0 Å². The van der Waals surface area contributed by atoms with Gasteiger partial charge in [-0.15, -0.1) is 0 Å². The summed E-state index contributed by atoms with van der Waals surface area (Å²) in [5.41, 5.74) is 8.64. The fraction of sp³-hybridized carbons (Fsp3) is 0. The van der Waals surface area contributed by atoms with Gasteiger partial charge in [-0.1, -0.05) is 121 Å². The Morgan fingerprint density at radius 1 is 0.360 bits per heavy atom. The second-order valence-electron chi connectivity index (χ2n) is 12.2. The van der Waals surface area contributed by atoms with E-state index in [2.05, 4.69) is 42.5 Å². The van der Waals surface area contributed by atoms with Crippen molar-refractivity contribution in [3.63, 3.8) is 0 Å². The average molecular weight is 643 g/mol. The van der Waals surface area contributed by atoms with E-state index in [4.69, 9.17) is 28.8 Å². The zero-order valence-electron chi connectivity index (χ0n) is 26.6. The van der Waals surface area contributed by atoms with Crippen molar-refractivity contribution in [1.82, 2.24) is 19.9 Å². The quantitative estimate of drug-likeness (QED) is 0.186. The molecular formula is C44H26N4O2. The van der Waals surface area contributed by atoms with Gasteiger partial charge in [0.05, 0.1) is 0 Å². The topological polar surface area (TPSA) is 77.8 Å². The maximum absolute atomic E-state index is 6.58. The van der Waals surface area contributed by atoms with Crippen LogP contribution in [0.4, 0.5) is 0 Å². The molecule has 0 unspecified atom stereocenters. The zero-order chi connectivity index (χ0) is 33.0. The Bertz CT molecular complexity index is 2860. The second-order valence-corrected chi connectivity index (χ2v) is 12.2. The molecular weight excluding hydrogens is 617 g/mol. The summed E-state index contributed by atoms with van der Waals surface area (Å²) in [5, 5.41) is 3.86. The summed E-state index contributed by atoms with van der Waals surface area (Å²) in [4.78, 5) is 20.3. The molecule has 7 aromatic carbocycles. The van der Waals surface area contributed by atoms with Gasteiger partial charge in [-0.25, -0.2) is 19.9 Å². The highest BCUT2D eigenvalue weighted by Crippen LogP contribution is 2.42. The van der Waals surface area contributed by atoms with Crippen LogP contribution in [-0.2, 0) is 0 Å². The number of fused-ring (bicyclic) bond motifs is 6. The van der Waals surface area contributed by atoms with Crippen LogP contribution in [0.5, 0.6) is 0 Å². The second kappa shape index (κ2) is 11.4. The average Bonchev–Trinajstić information content (AvgIpc) is 3.81. The van der Waals surface area contributed by atoms with Gasteiger partial charge in [-0.2, -0.15) is 0 Å². The van der Waals surface area contributed by atoms with Crippen LogP contribution < -0.4 is 0 Å². The molecule has 3 heterocycles. The first kappa shape index (κ1) is 28.1. The molecule has 0 saturated carbocycles. The molecule has 10 rings (SSSR count). The van der Waals surface area contributed by atoms with Gasteiger partial charge < -0.3 is 8.83 Å². The van der Waals surface area contributed by atoms with Crippen molar-refractivity contribution >= 4 is 43.8 Å². The zero-order valence-corrected chi connectivity index (χ0v) is 26.6. The standard InChI is InChI=1S/C44H26N4O2/c1-4-13-27(14-5-1)31-24-25-34(38-32-20-10-11-22-36(32)49-39(31)38)43-47-41(29-15-6-2-7-16-29)46-42(48-43)33-21-12-19-28-23-26-35-40(37(28)33)50-44(45-35)30-17-8-3-9-18-30/h1-26H. The lowest BCUT2D eigenvalue weighted by molar-refractivity contribution is 0.623. The number of benzene rings is 7. The summed E-state index contributed by atoms with van der Waals surface area (Å²) in [7, 11) is 0. The lowest BCUT2D eigenvalue weighted by Crippen LogP contribution is -2.01. The molecule has 0 N–H and O–H groups in total. The normalized spacial score (nSPS) is 11.6. The number of para-hydroxylation sites is 1. The molecule has 0 aliphatic heterocycles. The Kier molecular flexibility index (Phi) is 6.39. The Morgan fingerprint density at radius 3 is 1.74 bits per heavy atom. The van der Waals surface area contributed by atoms with E-state index >= 15 is 0 Å². The maximum Gasteiger partial charge on any atom is 0.227 e. The smallest absolute Gasteiger partial charge is 0.227 e. The molecule has 0 radical (unpaired) electrons. The highest BCUT2D eigenvalue weighted by Gasteiger charge is 2.22. The highest BCUT2D eigenvalue weighted by atomic mass is 16.3. The molecule has 0 spiro atoms. The molecule has 6 nitrogen and oxygen atoms in total. The van der Waals surface area contributed by atoms with E-state index in [1.165, 1.54) is 0 Å². The summed E-state index contributed by atoms with van der Waals surface area (Å²) in [6.45, 7) is 0. The van der Waals surface area contributed by atoms with Gasteiger partial charge in [0.15, 0.2) is 23.1 Å². The van der Waals surface area contributed by atoms with E-state index < -0.39 is 0 Å². The number of hydrogen-bond acceptors (Lipinski definition) is 6. The van der Waals surface area contributed by atoms with E-state index in [0.717, 1.165) is 71.6 Å². The van der Waals surface area contributed by atoms with Crippen LogP contribution in [0.3, 0.4) is 0 Å². The molecule has 0 aliphatic carbocycles. The van der Waals surface area contributed by atoms with E-state index in [9.17, 15) is 0 Å². The molecule has 10 aromatic rings. The fourth-order valence-electron chi connectivity index (χ4n) is 6.84. The van der Waals surface area contributed by atoms with Crippen LogP contribution in [0.2, 0.25) is 0 Å². The summed E-state index contributed by atoms with van der Waals surface area (Å²) in [6, 6.07) is 52.8. The number of nitrogens with zero attached hydrogens (tertiary/aromatic N) is 4. The molecule has 0 bridgehead atoms. The molecule has 234 valence electrons. The van der Waals surface area contributed by atoms with Crippen LogP contribution >= 0.6 is 0 Å². The first-order chi connectivity index (χ1) is 24.8. The molecule has 0 amide bonds. The molecule has 6 heteroatoms. The lowest BCUT2D eigenvalue weighted by Gasteiger charge is -2.12. The van der Waals surface area contributed by atoms with Crippen LogP contribution in [-0.4, -0.2) is 19.9 Å². The van der Waals surface area contributed by atoms with Crippen molar-refractivity contribution < 1.29 is 8.83 Å². The fourth-order valence-corrected chi connectivity index (χ4v) is 6.84. The minimum atomic E-state index is 0.540. The molecule has 50 heavy (non-hydrogen) atoms. The van der Waals surface area contributed by atoms with Crippen molar-refractivity contribution in [3.05, 3.63) is 158 Å². The van der Waals surface area contributed by atoms with Gasteiger partial charge in [0, 0.05) is 44.0 Å². The third kappa shape index (κ3) is 4.58. The van der Waals surface area contributed by atoms with Crippen molar-refractivity contribution in [2.24, 2.45) is 0 Å². The Balaban J connectivity index is 1.26. The SMILES string of the molecule is c1ccc(-c2nc(-c3ccc(-c4ccccc4)c4oc5ccccc5c34)nc(-c3cccc4ccc5nc(-c6ccccc6)oc5c34)n2)cc1. The Morgan fingerprint density at radius 2 is 0.980 bits per heavy atom. The minimum absolute atomic E-state index is 0.540. The highest BCUT2D eigenvalue weighted by molar-refractivity contribution is 6.16. The predicted octanol–water partition coefficient (Wildman–Crippen LogP) is 11.4. The summed E-state index contributed by atoms with van der Waals surface area (Å²) < 4.78 is 13.1. The minimum Gasteiger partial charge on any atom is -0.455 e. The molecule has 0 fully saturated rings. The van der Waals surface area contributed by atoms with Gasteiger partial charge in [-0.05, 0) is 47.3 Å². The van der Waals surface area contributed by atoms with Gasteiger partial charge in [0.1, 0.15) is 16.7 Å². The Hall–Kier alpha value is -6.92. The number of rotatable bonds is 5. The first-order valence-corrected chi connectivity index (χ1v) is 16.5. The number of furan rings is 1. The lowest BCUT2D eigenvalue weighted by atomic mass is 9.98. The molecule has 3 aromatic heterocycles. The van der Waals surface area contributed by atoms with Crippen molar-refractivity contribution in [2.75, 3.05) is 0 Å². The van der Waals surface area contributed by atoms with E-state index in [-0.39, 0.29) is 0 Å². The van der Waals surface area contributed by atoms with E-state index in [1.54, 1.807) is 0 Å².